The summed E-state index contributed by atoms with van der Waals surface area (Å²) in [6.45, 7) is 6.43. The van der Waals surface area contributed by atoms with E-state index in [4.69, 9.17) is 4.74 Å². The molecule has 0 radical (unpaired) electrons. The molecule has 1 atom stereocenters. The van der Waals surface area contributed by atoms with Gasteiger partial charge in [-0.1, -0.05) is 35.9 Å². The van der Waals surface area contributed by atoms with Crippen molar-refractivity contribution < 1.29 is 18.7 Å². The van der Waals surface area contributed by atoms with Gasteiger partial charge in [0.15, 0.2) is 0 Å². The minimum absolute atomic E-state index is 0.0116. The lowest BCUT2D eigenvalue weighted by Gasteiger charge is -2.56. The van der Waals surface area contributed by atoms with E-state index >= 15 is 0 Å². The van der Waals surface area contributed by atoms with Crippen LogP contribution in [0.5, 0.6) is 0 Å². The van der Waals surface area contributed by atoms with E-state index in [0.29, 0.717) is 37.3 Å². The van der Waals surface area contributed by atoms with Gasteiger partial charge in [-0.05, 0) is 73.7 Å². The Morgan fingerprint density at radius 1 is 1.04 bits per heavy atom. The van der Waals surface area contributed by atoms with E-state index in [9.17, 15) is 14.0 Å². The maximum absolute atomic E-state index is 13.7. The zero-order chi connectivity index (χ0) is 31.1. The fourth-order valence-electron chi connectivity index (χ4n) is 7.22. The lowest BCUT2D eigenvalue weighted by molar-refractivity contribution is -0.149. The van der Waals surface area contributed by atoms with Crippen LogP contribution in [-0.2, 0) is 9.53 Å². The molecular formula is C36H38FN5O3. The monoisotopic (exact) mass is 607 g/mol. The number of nitrogens with zero attached hydrogens (tertiary/aromatic N) is 4. The lowest BCUT2D eigenvalue weighted by Crippen LogP contribution is -2.58. The molecule has 2 amide bonds. The van der Waals surface area contributed by atoms with Crippen molar-refractivity contribution in [1.82, 2.24) is 25.1 Å². The average molecular weight is 608 g/mol. The van der Waals surface area contributed by atoms with E-state index in [-0.39, 0.29) is 29.6 Å². The quantitative estimate of drug-likeness (QED) is 0.412. The van der Waals surface area contributed by atoms with Gasteiger partial charge < -0.3 is 19.9 Å². The number of aromatic nitrogens is 2. The minimum Gasteiger partial charge on any atom is -0.380 e. The maximum atomic E-state index is 13.7. The third kappa shape index (κ3) is 5.94. The molecule has 232 valence electrons. The molecule has 9 heteroatoms. The first-order chi connectivity index (χ1) is 21.8. The molecule has 1 N–H and O–H groups in total. The largest absolute Gasteiger partial charge is 0.380 e. The number of carbonyl (C=O) groups is 2. The molecule has 1 saturated carbocycles. The van der Waals surface area contributed by atoms with Gasteiger partial charge in [0, 0.05) is 49.6 Å². The van der Waals surface area contributed by atoms with Gasteiger partial charge in [-0.2, -0.15) is 0 Å². The van der Waals surface area contributed by atoms with Gasteiger partial charge in [0.05, 0.1) is 42.6 Å². The van der Waals surface area contributed by atoms with Gasteiger partial charge in [0.1, 0.15) is 5.82 Å². The number of hydrogen-bond donors (Lipinski definition) is 1. The molecule has 45 heavy (non-hydrogen) atoms. The van der Waals surface area contributed by atoms with Crippen LogP contribution in [0, 0.1) is 17.2 Å². The first kappa shape index (κ1) is 29.5. The van der Waals surface area contributed by atoms with E-state index in [0.717, 1.165) is 65.9 Å². The SMILES string of the molecule is C[C@@H](NC(=O)c1cncc(C2=CCN(C(=O)C3COC3)CC2)c1)c1ccc(C(=C2CC3(C2)CN(C)C3)c2ccc(F)cn2)cc1. The molecule has 2 saturated heterocycles. The molecule has 5 heterocycles. The Morgan fingerprint density at radius 2 is 1.82 bits per heavy atom. The van der Waals surface area contributed by atoms with Crippen molar-refractivity contribution in [2.75, 3.05) is 46.4 Å². The summed E-state index contributed by atoms with van der Waals surface area (Å²) in [5, 5.41) is 3.12. The molecule has 1 aliphatic carbocycles. The number of carbonyl (C=O) groups excluding carboxylic acids is 2. The second-order valence-electron chi connectivity index (χ2n) is 13.1. The van der Waals surface area contributed by atoms with Crippen molar-refractivity contribution in [3.05, 3.63) is 106 Å². The Kier molecular flexibility index (Phi) is 7.83. The molecule has 3 aromatic rings. The number of allylic oxidation sites excluding steroid dienone is 1. The van der Waals surface area contributed by atoms with Crippen molar-refractivity contribution in [3.63, 3.8) is 0 Å². The summed E-state index contributed by atoms with van der Waals surface area (Å²) in [5.74, 6) is -0.392. The number of ether oxygens (including phenoxy) is 1. The lowest BCUT2D eigenvalue weighted by atomic mass is 9.59. The van der Waals surface area contributed by atoms with Gasteiger partial charge >= 0.3 is 0 Å². The van der Waals surface area contributed by atoms with Crippen molar-refractivity contribution >= 4 is 23.0 Å². The molecule has 0 unspecified atom stereocenters. The van der Waals surface area contributed by atoms with E-state index in [2.05, 4.69) is 45.4 Å². The fourth-order valence-corrected chi connectivity index (χ4v) is 7.22. The van der Waals surface area contributed by atoms with Crippen LogP contribution in [0.3, 0.4) is 0 Å². The standard InChI is InChI=1S/C36H38FN5O3/c1-23(40-34(43)28-13-27(16-38-17-28)25-9-11-42(12-10-25)35(44)30-19-45-20-30)24-3-5-26(6-4-24)33(32-8-7-31(37)18-39-32)29-14-36(15-29)21-41(2)22-36/h3-9,13,16-18,23,30H,10-12,14-15,19-22H2,1-2H3,(H,40,43)/t23-/m1/s1. The van der Waals surface area contributed by atoms with Crippen LogP contribution in [0.4, 0.5) is 4.39 Å². The summed E-state index contributed by atoms with van der Waals surface area (Å²) < 4.78 is 18.9. The molecule has 3 aliphatic heterocycles. The summed E-state index contributed by atoms with van der Waals surface area (Å²) in [6, 6.07) is 13.1. The molecule has 7 rings (SSSR count). The minimum atomic E-state index is -0.344. The third-order valence-corrected chi connectivity index (χ3v) is 9.65. The van der Waals surface area contributed by atoms with Crippen molar-refractivity contribution in [1.29, 1.82) is 0 Å². The molecule has 1 aromatic carbocycles. The Bertz CT molecular complexity index is 1660. The second kappa shape index (κ2) is 11.9. The highest BCUT2D eigenvalue weighted by Crippen LogP contribution is 2.54. The van der Waals surface area contributed by atoms with Crippen molar-refractivity contribution in [2.45, 2.75) is 32.2 Å². The van der Waals surface area contributed by atoms with E-state index in [1.807, 2.05) is 30.0 Å². The highest BCUT2D eigenvalue weighted by molar-refractivity contribution is 5.95. The first-order valence-corrected chi connectivity index (χ1v) is 15.7. The first-order valence-electron chi connectivity index (χ1n) is 15.7. The van der Waals surface area contributed by atoms with Crippen LogP contribution in [0.15, 0.2) is 72.7 Å². The third-order valence-electron chi connectivity index (χ3n) is 9.65. The van der Waals surface area contributed by atoms with Gasteiger partial charge in [-0.25, -0.2) is 4.39 Å². The number of nitrogens with one attached hydrogen (secondary N) is 1. The summed E-state index contributed by atoms with van der Waals surface area (Å²) in [4.78, 5) is 38.8. The number of amides is 2. The molecule has 1 spiro atoms. The van der Waals surface area contributed by atoms with Crippen LogP contribution in [0.1, 0.15) is 65.0 Å². The van der Waals surface area contributed by atoms with Crippen LogP contribution < -0.4 is 5.32 Å². The van der Waals surface area contributed by atoms with Gasteiger partial charge in [0.25, 0.3) is 5.91 Å². The number of likely N-dealkylation sites (tertiary alicyclic amines) is 1. The smallest absolute Gasteiger partial charge is 0.253 e. The zero-order valence-corrected chi connectivity index (χ0v) is 25.8. The highest BCUT2D eigenvalue weighted by atomic mass is 19.1. The molecular weight excluding hydrogens is 569 g/mol. The predicted octanol–water partition coefficient (Wildman–Crippen LogP) is 4.90. The highest BCUT2D eigenvalue weighted by Gasteiger charge is 2.49. The topological polar surface area (TPSA) is 87.7 Å². The zero-order valence-electron chi connectivity index (χ0n) is 25.8. The van der Waals surface area contributed by atoms with Crippen LogP contribution >= 0.6 is 0 Å². The summed E-state index contributed by atoms with van der Waals surface area (Å²) in [7, 11) is 2.15. The van der Waals surface area contributed by atoms with Crippen molar-refractivity contribution in [2.24, 2.45) is 11.3 Å². The van der Waals surface area contributed by atoms with E-state index in [1.165, 1.54) is 17.8 Å². The van der Waals surface area contributed by atoms with Gasteiger partial charge in [-0.15, -0.1) is 0 Å². The summed E-state index contributed by atoms with van der Waals surface area (Å²) >= 11 is 0. The Hall–Kier alpha value is -4.21. The van der Waals surface area contributed by atoms with Crippen molar-refractivity contribution in [3.8, 4) is 0 Å². The van der Waals surface area contributed by atoms with Crippen LogP contribution in [0.2, 0.25) is 0 Å². The molecule has 4 aliphatic rings. The number of pyridine rings is 2. The Morgan fingerprint density at radius 3 is 2.44 bits per heavy atom. The Labute approximate surface area is 263 Å². The molecule has 8 nitrogen and oxygen atoms in total. The maximum Gasteiger partial charge on any atom is 0.253 e. The molecule has 3 fully saturated rings. The number of halogens is 1. The van der Waals surface area contributed by atoms with Gasteiger partial charge in [0.2, 0.25) is 5.91 Å². The number of hydrogen-bond acceptors (Lipinski definition) is 6. The second-order valence-corrected chi connectivity index (χ2v) is 13.1. The van der Waals surface area contributed by atoms with Crippen LogP contribution in [-0.4, -0.2) is 78.0 Å². The Balaban J connectivity index is 1.02. The normalized spacial score (nSPS) is 20.0. The van der Waals surface area contributed by atoms with E-state index in [1.54, 1.807) is 18.5 Å². The number of benzene rings is 1. The fraction of sp³-hybridized carbons (Fsp3) is 0.389. The summed E-state index contributed by atoms with van der Waals surface area (Å²) in [6.07, 6.45) is 9.50. The average Bonchev–Trinajstić information content (AvgIpc) is 2.99. The number of rotatable bonds is 7. The van der Waals surface area contributed by atoms with E-state index < -0.39 is 0 Å². The predicted molar refractivity (Wildman–Crippen MR) is 169 cm³/mol. The van der Waals surface area contributed by atoms with Gasteiger partial charge in [-0.3, -0.25) is 19.6 Å². The summed E-state index contributed by atoms with van der Waals surface area (Å²) in [5.41, 5.74) is 8.14. The van der Waals surface area contributed by atoms with Crippen LogP contribution in [0.25, 0.3) is 11.1 Å². The molecule has 0 bridgehead atoms. The molecule has 2 aromatic heterocycles.